The average molecular weight is 313 g/mol. The van der Waals surface area contributed by atoms with E-state index in [1.54, 1.807) is 0 Å². The number of nitrogens with one attached hydrogen (secondary N) is 1. The van der Waals surface area contributed by atoms with Gasteiger partial charge in [-0.15, -0.1) is 11.3 Å². The summed E-state index contributed by atoms with van der Waals surface area (Å²) in [5, 5.41) is 5.93. The molecule has 1 aliphatic rings. The standard InChI is InChI=1S/C16H28N2S2/c1-10(17-12-7-8-13(9-12)19-6)14-11(2)18-15(20-14)16(3,4)5/h10,12-13,17H,7-9H2,1-6H3/t10-,12-,13-/m1/s1. The third-order valence-electron chi connectivity index (χ3n) is 4.07. The van der Waals surface area contributed by atoms with E-state index in [4.69, 9.17) is 4.98 Å². The molecule has 1 aromatic rings. The third kappa shape index (κ3) is 3.77. The van der Waals surface area contributed by atoms with Crippen molar-refractivity contribution in [3.63, 3.8) is 0 Å². The molecule has 2 rings (SSSR count). The van der Waals surface area contributed by atoms with Crippen LogP contribution in [0.3, 0.4) is 0 Å². The second-order valence-electron chi connectivity index (χ2n) is 6.97. The monoisotopic (exact) mass is 312 g/mol. The van der Waals surface area contributed by atoms with E-state index in [1.165, 1.54) is 34.8 Å². The van der Waals surface area contributed by atoms with Gasteiger partial charge in [0, 0.05) is 27.6 Å². The quantitative estimate of drug-likeness (QED) is 0.873. The van der Waals surface area contributed by atoms with Crippen molar-refractivity contribution in [2.75, 3.05) is 6.26 Å². The summed E-state index contributed by atoms with van der Waals surface area (Å²) in [5.41, 5.74) is 1.37. The van der Waals surface area contributed by atoms with Crippen molar-refractivity contribution in [3.05, 3.63) is 15.6 Å². The summed E-state index contributed by atoms with van der Waals surface area (Å²) in [6.45, 7) is 11.2. The Labute approximate surface area is 132 Å². The third-order valence-corrected chi connectivity index (χ3v) is 6.93. The predicted molar refractivity (Wildman–Crippen MR) is 92.0 cm³/mol. The number of thioether (sulfide) groups is 1. The molecule has 1 heterocycles. The van der Waals surface area contributed by atoms with Crippen LogP contribution in [0.15, 0.2) is 0 Å². The molecule has 3 atom stereocenters. The number of hydrogen-bond donors (Lipinski definition) is 1. The molecule has 0 aromatic carbocycles. The van der Waals surface area contributed by atoms with Gasteiger partial charge in [0.05, 0.1) is 10.7 Å². The van der Waals surface area contributed by atoms with Gasteiger partial charge < -0.3 is 5.32 Å². The maximum absolute atomic E-state index is 4.78. The van der Waals surface area contributed by atoms with Crippen LogP contribution in [0.5, 0.6) is 0 Å². The van der Waals surface area contributed by atoms with Crippen LogP contribution in [0.1, 0.15) is 68.6 Å². The Balaban J connectivity index is 2.03. The fourth-order valence-corrected chi connectivity index (χ4v) is 4.80. The Morgan fingerprint density at radius 2 is 2.05 bits per heavy atom. The number of hydrogen-bond acceptors (Lipinski definition) is 4. The van der Waals surface area contributed by atoms with Gasteiger partial charge in [0.15, 0.2) is 0 Å². The second kappa shape index (κ2) is 6.37. The van der Waals surface area contributed by atoms with Crippen LogP contribution >= 0.6 is 23.1 Å². The van der Waals surface area contributed by atoms with E-state index >= 15 is 0 Å². The molecule has 0 bridgehead atoms. The Hall–Kier alpha value is -0.0600. The lowest BCUT2D eigenvalue weighted by Crippen LogP contribution is -2.29. The van der Waals surface area contributed by atoms with Crippen LogP contribution in [-0.2, 0) is 5.41 Å². The number of aromatic nitrogens is 1. The summed E-state index contributed by atoms with van der Waals surface area (Å²) in [5.74, 6) is 0. The van der Waals surface area contributed by atoms with Gasteiger partial charge in [0.25, 0.3) is 0 Å². The van der Waals surface area contributed by atoms with Crippen molar-refractivity contribution in [1.29, 1.82) is 0 Å². The molecule has 2 nitrogen and oxygen atoms in total. The average Bonchev–Trinajstić information content (AvgIpc) is 2.94. The molecule has 20 heavy (non-hydrogen) atoms. The Morgan fingerprint density at radius 1 is 1.35 bits per heavy atom. The van der Waals surface area contributed by atoms with Crippen LogP contribution in [0.4, 0.5) is 0 Å². The summed E-state index contributed by atoms with van der Waals surface area (Å²) in [4.78, 5) is 6.20. The molecule has 1 fully saturated rings. The van der Waals surface area contributed by atoms with Crippen LogP contribution in [0.25, 0.3) is 0 Å². The minimum absolute atomic E-state index is 0.157. The molecule has 1 saturated carbocycles. The van der Waals surface area contributed by atoms with Gasteiger partial charge in [-0.3, -0.25) is 0 Å². The van der Waals surface area contributed by atoms with Crippen molar-refractivity contribution in [1.82, 2.24) is 10.3 Å². The normalized spacial score (nSPS) is 25.1. The van der Waals surface area contributed by atoms with Crippen molar-refractivity contribution in [2.45, 2.75) is 76.6 Å². The number of thiazole rings is 1. The first kappa shape index (κ1) is 16.3. The molecular weight excluding hydrogens is 284 g/mol. The van der Waals surface area contributed by atoms with Gasteiger partial charge in [-0.25, -0.2) is 4.98 Å². The van der Waals surface area contributed by atoms with E-state index in [0.717, 1.165) is 5.25 Å². The zero-order valence-corrected chi connectivity index (χ0v) is 15.3. The van der Waals surface area contributed by atoms with E-state index in [-0.39, 0.29) is 5.41 Å². The maximum Gasteiger partial charge on any atom is 0.0985 e. The van der Waals surface area contributed by atoms with Gasteiger partial charge >= 0.3 is 0 Å². The molecular formula is C16H28N2S2. The SMILES string of the molecule is CS[C@@H]1CC[C@@H](N[C@H](C)c2sc(C(C)(C)C)nc2C)C1. The van der Waals surface area contributed by atoms with E-state index in [2.05, 4.69) is 46.2 Å². The molecule has 1 N–H and O–H groups in total. The molecule has 0 amide bonds. The van der Waals surface area contributed by atoms with Crippen LogP contribution in [0.2, 0.25) is 0 Å². The fraction of sp³-hybridized carbons (Fsp3) is 0.812. The molecule has 0 aliphatic heterocycles. The smallest absolute Gasteiger partial charge is 0.0985 e. The highest BCUT2D eigenvalue weighted by atomic mass is 32.2. The van der Waals surface area contributed by atoms with Crippen molar-refractivity contribution in [2.24, 2.45) is 0 Å². The van der Waals surface area contributed by atoms with Gasteiger partial charge in [0.2, 0.25) is 0 Å². The van der Waals surface area contributed by atoms with E-state index in [0.29, 0.717) is 12.1 Å². The van der Waals surface area contributed by atoms with Gasteiger partial charge in [-0.2, -0.15) is 11.8 Å². The lowest BCUT2D eigenvalue weighted by atomic mass is 9.98. The summed E-state index contributed by atoms with van der Waals surface area (Å²) >= 11 is 3.91. The van der Waals surface area contributed by atoms with Crippen molar-refractivity contribution < 1.29 is 0 Å². The number of aryl methyl sites for hydroxylation is 1. The van der Waals surface area contributed by atoms with Crippen molar-refractivity contribution in [3.8, 4) is 0 Å². The molecule has 4 heteroatoms. The highest BCUT2D eigenvalue weighted by Gasteiger charge is 2.27. The first-order valence-electron chi connectivity index (χ1n) is 7.58. The largest absolute Gasteiger partial charge is 0.307 e. The molecule has 0 unspecified atom stereocenters. The number of nitrogens with zero attached hydrogens (tertiary/aromatic N) is 1. The van der Waals surface area contributed by atoms with Crippen LogP contribution in [-0.4, -0.2) is 22.5 Å². The predicted octanol–water partition coefficient (Wildman–Crippen LogP) is 4.68. The number of rotatable bonds is 4. The maximum atomic E-state index is 4.78. The zero-order valence-electron chi connectivity index (χ0n) is 13.6. The Kier molecular flexibility index (Phi) is 5.19. The topological polar surface area (TPSA) is 24.9 Å². The van der Waals surface area contributed by atoms with Crippen LogP contribution in [0, 0.1) is 6.92 Å². The summed E-state index contributed by atoms with van der Waals surface area (Å²) in [6.07, 6.45) is 6.23. The molecule has 1 aliphatic carbocycles. The summed E-state index contributed by atoms with van der Waals surface area (Å²) in [7, 11) is 0. The minimum Gasteiger partial charge on any atom is -0.307 e. The van der Waals surface area contributed by atoms with Crippen LogP contribution < -0.4 is 5.32 Å². The molecule has 0 radical (unpaired) electrons. The van der Waals surface area contributed by atoms with Gasteiger partial charge in [-0.1, -0.05) is 20.8 Å². The van der Waals surface area contributed by atoms with E-state index < -0.39 is 0 Å². The van der Waals surface area contributed by atoms with Crippen molar-refractivity contribution >= 4 is 23.1 Å². The second-order valence-corrected chi connectivity index (χ2v) is 9.14. The molecule has 0 spiro atoms. The van der Waals surface area contributed by atoms with Gasteiger partial charge in [0.1, 0.15) is 0 Å². The molecule has 114 valence electrons. The lowest BCUT2D eigenvalue weighted by Gasteiger charge is -2.19. The molecule has 0 saturated heterocycles. The Morgan fingerprint density at radius 3 is 2.55 bits per heavy atom. The fourth-order valence-electron chi connectivity index (χ4n) is 2.87. The first-order chi connectivity index (χ1) is 9.31. The summed E-state index contributed by atoms with van der Waals surface area (Å²) in [6, 6.07) is 1.11. The Bertz CT molecular complexity index is 448. The molecule has 1 aromatic heterocycles. The zero-order chi connectivity index (χ0) is 14.9. The van der Waals surface area contributed by atoms with Gasteiger partial charge in [-0.05, 0) is 39.4 Å². The highest BCUT2D eigenvalue weighted by molar-refractivity contribution is 7.99. The van der Waals surface area contributed by atoms with E-state index in [9.17, 15) is 0 Å². The summed E-state index contributed by atoms with van der Waals surface area (Å²) < 4.78 is 0. The lowest BCUT2D eigenvalue weighted by molar-refractivity contribution is 0.465. The first-order valence-corrected chi connectivity index (χ1v) is 9.68. The van der Waals surface area contributed by atoms with E-state index in [1.807, 2.05) is 23.1 Å². The highest BCUT2D eigenvalue weighted by Crippen LogP contribution is 2.34. The minimum atomic E-state index is 0.157.